The smallest absolute Gasteiger partial charge is 0.0136 e. The Bertz CT molecular complexity index is 387. The van der Waals surface area contributed by atoms with Gasteiger partial charge in [-0.25, -0.2) is 0 Å². The van der Waals surface area contributed by atoms with E-state index in [9.17, 15) is 0 Å². The van der Waals surface area contributed by atoms with Crippen LogP contribution in [0, 0.1) is 18.8 Å². The fourth-order valence-electron chi connectivity index (χ4n) is 3.93. The van der Waals surface area contributed by atoms with Gasteiger partial charge < -0.3 is 5.32 Å². The van der Waals surface area contributed by atoms with Crippen LogP contribution in [0.25, 0.3) is 0 Å². The third kappa shape index (κ3) is 5.14. The van der Waals surface area contributed by atoms with Crippen molar-refractivity contribution in [3.63, 3.8) is 0 Å². The molecule has 1 N–H and O–H groups in total. The molecule has 0 aromatic heterocycles. The van der Waals surface area contributed by atoms with Crippen LogP contribution in [0.15, 0.2) is 24.3 Å². The van der Waals surface area contributed by atoms with Crippen LogP contribution in [-0.4, -0.2) is 12.6 Å². The number of nitrogens with one attached hydrogen (secondary N) is 1. The van der Waals surface area contributed by atoms with Crippen LogP contribution in [0.1, 0.15) is 63.5 Å². The highest BCUT2D eigenvalue weighted by molar-refractivity contribution is 5.22. The molecule has 0 radical (unpaired) electrons. The second-order valence-corrected chi connectivity index (χ2v) is 6.92. The summed E-state index contributed by atoms with van der Waals surface area (Å²) in [7, 11) is 0. The van der Waals surface area contributed by atoms with Gasteiger partial charge in [0.05, 0.1) is 0 Å². The fourth-order valence-corrected chi connectivity index (χ4v) is 3.93. The zero-order valence-electron chi connectivity index (χ0n) is 14.2. The van der Waals surface area contributed by atoms with Gasteiger partial charge in [0.25, 0.3) is 0 Å². The maximum Gasteiger partial charge on any atom is 0.0136 e. The molecule has 118 valence electrons. The van der Waals surface area contributed by atoms with E-state index >= 15 is 0 Å². The molecule has 0 aliphatic heterocycles. The highest BCUT2D eigenvalue weighted by Crippen LogP contribution is 2.34. The van der Waals surface area contributed by atoms with Crippen molar-refractivity contribution in [2.75, 3.05) is 6.54 Å². The van der Waals surface area contributed by atoms with Crippen molar-refractivity contribution in [3.05, 3.63) is 35.4 Å². The van der Waals surface area contributed by atoms with Gasteiger partial charge in [0.2, 0.25) is 0 Å². The second-order valence-electron chi connectivity index (χ2n) is 6.92. The minimum atomic E-state index is 0.667. The first-order valence-corrected chi connectivity index (χ1v) is 9.01. The first-order chi connectivity index (χ1) is 10.2. The molecule has 2 rings (SSSR count). The van der Waals surface area contributed by atoms with Crippen LogP contribution in [0.3, 0.4) is 0 Å². The van der Waals surface area contributed by atoms with Gasteiger partial charge in [-0.2, -0.15) is 0 Å². The Morgan fingerprint density at radius 3 is 2.29 bits per heavy atom. The molecule has 1 unspecified atom stereocenters. The van der Waals surface area contributed by atoms with E-state index in [-0.39, 0.29) is 0 Å². The Hall–Kier alpha value is -0.820. The summed E-state index contributed by atoms with van der Waals surface area (Å²) in [5.41, 5.74) is 2.85. The molecule has 0 amide bonds. The van der Waals surface area contributed by atoms with E-state index in [1.54, 1.807) is 0 Å². The van der Waals surface area contributed by atoms with Gasteiger partial charge in [0.1, 0.15) is 0 Å². The van der Waals surface area contributed by atoms with Gasteiger partial charge in [-0.3, -0.25) is 0 Å². The van der Waals surface area contributed by atoms with E-state index in [1.807, 2.05) is 0 Å². The first-order valence-electron chi connectivity index (χ1n) is 9.01. The van der Waals surface area contributed by atoms with Crippen LogP contribution in [0.5, 0.6) is 0 Å². The maximum absolute atomic E-state index is 3.76. The van der Waals surface area contributed by atoms with Gasteiger partial charge in [-0.1, -0.05) is 69.4 Å². The molecule has 1 aliphatic carbocycles. The predicted molar refractivity (Wildman–Crippen MR) is 92.7 cm³/mol. The molecule has 1 aliphatic rings. The quantitative estimate of drug-likeness (QED) is 0.733. The summed E-state index contributed by atoms with van der Waals surface area (Å²) in [4.78, 5) is 0. The van der Waals surface area contributed by atoms with E-state index in [2.05, 4.69) is 50.4 Å². The van der Waals surface area contributed by atoms with Crippen molar-refractivity contribution >= 4 is 0 Å². The highest BCUT2D eigenvalue weighted by atomic mass is 14.9. The number of hydrogen-bond acceptors (Lipinski definition) is 1. The van der Waals surface area contributed by atoms with E-state index in [0.29, 0.717) is 6.04 Å². The highest BCUT2D eigenvalue weighted by Gasteiger charge is 2.26. The number of likely N-dealkylation sites (N-methyl/N-ethyl adjacent to an activating group) is 1. The van der Waals surface area contributed by atoms with Crippen molar-refractivity contribution < 1.29 is 0 Å². The summed E-state index contributed by atoms with van der Waals surface area (Å²) in [6.07, 6.45) is 9.74. The normalized spacial score (nSPS) is 24.0. The summed E-state index contributed by atoms with van der Waals surface area (Å²) in [6, 6.07) is 9.78. The van der Waals surface area contributed by atoms with Gasteiger partial charge in [0.15, 0.2) is 0 Å². The van der Waals surface area contributed by atoms with Crippen LogP contribution in [0.4, 0.5) is 0 Å². The number of hydrogen-bond donors (Lipinski definition) is 1. The fraction of sp³-hybridized carbons (Fsp3) is 0.700. The average molecular weight is 287 g/mol. The lowest BCUT2D eigenvalue weighted by molar-refractivity contribution is 0.213. The van der Waals surface area contributed by atoms with Gasteiger partial charge in [-0.05, 0) is 50.1 Å². The van der Waals surface area contributed by atoms with Crippen molar-refractivity contribution in [2.24, 2.45) is 11.8 Å². The topological polar surface area (TPSA) is 12.0 Å². The molecule has 1 nitrogen and oxygen atoms in total. The van der Waals surface area contributed by atoms with E-state index in [1.165, 1.54) is 56.1 Å². The summed E-state index contributed by atoms with van der Waals surface area (Å²) in [6.45, 7) is 7.82. The van der Waals surface area contributed by atoms with Crippen molar-refractivity contribution in [2.45, 2.75) is 71.8 Å². The summed E-state index contributed by atoms with van der Waals surface area (Å²) in [5.74, 6) is 1.88. The van der Waals surface area contributed by atoms with Crippen LogP contribution in [-0.2, 0) is 6.42 Å². The Labute approximate surface area is 131 Å². The van der Waals surface area contributed by atoms with Crippen LogP contribution in [0.2, 0.25) is 0 Å². The molecule has 1 atom stereocenters. The second kappa shape index (κ2) is 8.58. The van der Waals surface area contributed by atoms with Gasteiger partial charge in [0, 0.05) is 6.04 Å². The summed E-state index contributed by atoms with van der Waals surface area (Å²) >= 11 is 0. The molecule has 1 saturated carbocycles. The van der Waals surface area contributed by atoms with Crippen molar-refractivity contribution in [1.82, 2.24) is 5.32 Å². The van der Waals surface area contributed by atoms with E-state index in [0.717, 1.165) is 18.4 Å². The molecular weight excluding hydrogens is 254 g/mol. The van der Waals surface area contributed by atoms with E-state index < -0.39 is 0 Å². The molecule has 0 heterocycles. The monoisotopic (exact) mass is 287 g/mol. The Kier molecular flexibility index (Phi) is 6.76. The third-order valence-corrected chi connectivity index (χ3v) is 5.20. The van der Waals surface area contributed by atoms with E-state index in [4.69, 9.17) is 0 Å². The molecule has 0 spiro atoms. The minimum Gasteiger partial charge on any atom is -0.314 e. The minimum absolute atomic E-state index is 0.667. The molecule has 0 saturated heterocycles. The lowest BCUT2D eigenvalue weighted by Crippen LogP contribution is -2.39. The van der Waals surface area contributed by atoms with Crippen molar-refractivity contribution in [3.8, 4) is 0 Å². The van der Waals surface area contributed by atoms with Crippen molar-refractivity contribution in [1.29, 1.82) is 0 Å². The molecule has 0 bridgehead atoms. The predicted octanol–water partition coefficient (Wildman–Crippen LogP) is 5.12. The Morgan fingerprint density at radius 2 is 1.71 bits per heavy atom. The Morgan fingerprint density at radius 1 is 1.05 bits per heavy atom. The van der Waals surface area contributed by atoms with Crippen LogP contribution >= 0.6 is 0 Å². The van der Waals surface area contributed by atoms with Crippen LogP contribution < -0.4 is 5.32 Å². The molecule has 1 aromatic rings. The number of aryl methyl sites for hydroxylation is 1. The molecule has 1 heteroatoms. The average Bonchev–Trinajstić information content (AvgIpc) is 2.50. The molecule has 21 heavy (non-hydrogen) atoms. The SMILES string of the molecule is CCCC1CCC(C(Cc2ccc(C)cc2)NCC)CC1. The maximum atomic E-state index is 3.76. The third-order valence-electron chi connectivity index (χ3n) is 5.20. The standard InChI is InChI=1S/C20H33N/c1-4-6-17-11-13-19(14-12-17)20(21-5-2)15-18-9-7-16(3)8-10-18/h7-10,17,19-21H,4-6,11-15H2,1-3H3. The summed E-state index contributed by atoms with van der Waals surface area (Å²) < 4.78 is 0. The number of benzene rings is 1. The van der Waals surface area contributed by atoms with Gasteiger partial charge in [-0.15, -0.1) is 0 Å². The largest absolute Gasteiger partial charge is 0.314 e. The number of rotatable bonds is 7. The lowest BCUT2D eigenvalue weighted by Gasteiger charge is -2.34. The first kappa shape index (κ1) is 16.5. The zero-order chi connectivity index (χ0) is 15.1. The summed E-state index contributed by atoms with van der Waals surface area (Å²) in [5, 5.41) is 3.76. The lowest BCUT2D eigenvalue weighted by atomic mass is 9.76. The van der Waals surface area contributed by atoms with Gasteiger partial charge >= 0.3 is 0 Å². The molecule has 1 fully saturated rings. The Balaban J connectivity index is 1.91. The zero-order valence-corrected chi connectivity index (χ0v) is 14.2. The molecular formula is C20H33N. The molecule has 1 aromatic carbocycles.